The normalized spacial score (nSPS) is 18.0. The molecule has 0 radical (unpaired) electrons. The van der Waals surface area contributed by atoms with Crippen LogP contribution in [0.5, 0.6) is 0 Å². The van der Waals surface area contributed by atoms with Crippen molar-refractivity contribution in [2.45, 2.75) is 25.8 Å². The standard InChI is InChI=1S/C12H15N3O5S/c1-6-7(10(17)14-12(20)13-6)2-3-9(16)15-5-21-4-8(15)11(18)19/h8H,2-5H2,1H3,(H,18,19)(H2,13,14,17,20)/t8-/m0/s1. The molecule has 1 amide bonds. The number of aliphatic carboxylic acids is 1. The Morgan fingerprint density at radius 3 is 2.71 bits per heavy atom. The maximum atomic E-state index is 12.1. The molecule has 1 aliphatic heterocycles. The molecular weight excluding hydrogens is 298 g/mol. The van der Waals surface area contributed by atoms with Gasteiger partial charge in [0.15, 0.2) is 0 Å². The minimum Gasteiger partial charge on any atom is -0.480 e. The van der Waals surface area contributed by atoms with Crippen molar-refractivity contribution in [3.8, 4) is 0 Å². The van der Waals surface area contributed by atoms with E-state index in [1.807, 2.05) is 0 Å². The van der Waals surface area contributed by atoms with Gasteiger partial charge in [-0.1, -0.05) is 0 Å². The Bertz CT molecular complexity index is 680. The maximum absolute atomic E-state index is 12.1. The van der Waals surface area contributed by atoms with E-state index in [1.54, 1.807) is 6.92 Å². The first-order valence-electron chi connectivity index (χ1n) is 6.32. The number of carboxylic acids is 1. The lowest BCUT2D eigenvalue weighted by molar-refractivity contribution is -0.147. The summed E-state index contributed by atoms with van der Waals surface area (Å²) in [6.07, 6.45) is 0.185. The van der Waals surface area contributed by atoms with Crippen LogP contribution in [0.1, 0.15) is 17.7 Å². The molecule has 1 aliphatic rings. The summed E-state index contributed by atoms with van der Waals surface area (Å²) in [7, 11) is 0. The zero-order valence-corrected chi connectivity index (χ0v) is 12.2. The number of aromatic amines is 2. The van der Waals surface area contributed by atoms with Crippen LogP contribution in [0.25, 0.3) is 0 Å². The molecule has 2 rings (SSSR count). The molecule has 1 fully saturated rings. The number of thioether (sulfide) groups is 1. The van der Waals surface area contributed by atoms with Crippen molar-refractivity contribution in [2.24, 2.45) is 0 Å². The maximum Gasteiger partial charge on any atom is 0.327 e. The molecule has 8 nitrogen and oxygen atoms in total. The van der Waals surface area contributed by atoms with Gasteiger partial charge in [-0.2, -0.15) is 0 Å². The van der Waals surface area contributed by atoms with Gasteiger partial charge in [-0.25, -0.2) is 9.59 Å². The van der Waals surface area contributed by atoms with Gasteiger partial charge >= 0.3 is 11.7 Å². The largest absolute Gasteiger partial charge is 0.480 e. The lowest BCUT2D eigenvalue weighted by atomic mass is 10.1. The Balaban J connectivity index is 2.07. The van der Waals surface area contributed by atoms with E-state index in [2.05, 4.69) is 9.97 Å². The molecule has 0 bridgehead atoms. The first kappa shape index (κ1) is 15.4. The van der Waals surface area contributed by atoms with Crippen molar-refractivity contribution >= 4 is 23.6 Å². The van der Waals surface area contributed by atoms with E-state index in [1.165, 1.54) is 16.7 Å². The number of H-pyrrole nitrogens is 2. The third-order valence-electron chi connectivity index (χ3n) is 3.33. The third-order valence-corrected chi connectivity index (χ3v) is 4.34. The average molecular weight is 313 g/mol. The molecule has 0 aromatic carbocycles. The van der Waals surface area contributed by atoms with E-state index in [0.717, 1.165) is 0 Å². The van der Waals surface area contributed by atoms with E-state index < -0.39 is 23.3 Å². The van der Waals surface area contributed by atoms with Crippen molar-refractivity contribution in [2.75, 3.05) is 11.6 Å². The van der Waals surface area contributed by atoms with Crippen LogP contribution in [-0.2, 0) is 16.0 Å². The number of nitrogens with zero attached hydrogens (tertiary/aromatic N) is 1. The van der Waals surface area contributed by atoms with Crippen molar-refractivity contribution in [3.63, 3.8) is 0 Å². The first-order chi connectivity index (χ1) is 9.90. The predicted molar refractivity (Wildman–Crippen MR) is 76.3 cm³/mol. The van der Waals surface area contributed by atoms with E-state index in [0.29, 0.717) is 22.9 Å². The summed E-state index contributed by atoms with van der Waals surface area (Å²) in [5.41, 5.74) is -0.354. The molecular formula is C12H15N3O5S. The Morgan fingerprint density at radius 2 is 2.10 bits per heavy atom. The minimum absolute atomic E-state index is 0.0281. The summed E-state index contributed by atoms with van der Waals surface area (Å²) in [4.78, 5) is 51.7. The lowest BCUT2D eigenvalue weighted by Crippen LogP contribution is -2.42. The van der Waals surface area contributed by atoms with E-state index in [4.69, 9.17) is 5.11 Å². The quantitative estimate of drug-likeness (QED) is 0.675. The molecule has 0 aliphatic carbocycles. The van der Waals surface area contributed by atoms with Gasteiger partial charge in [0.2, 0.25) is 5.91 Å². The minimum atomic E-state index is -1.02. The highest BCUT2D eigenvalue weighted by molar-refractivity contribution is 7.99. The van der Waals surface area contributed by atoms with Gasteiger partial charge in [-0.05, 0) is 13.3 Å². The van der Waals surface area contributed by atoms with Crippen LogP contribution in [0.4, 0.5) is 0 Å². The van der Waals surface area contributed by atoms with Gasteiger partial charge in [0.25, 0.3) is 5.56 Å². The fraction of sp³-hybridized carbons (Fsp3) is 0.500. The molecule has 3 N–H and O–H groups in total. The SMILES string of the molecule is Cc1[nH]c(=O)[nH]c(=O)c1CCC(=O)N1CSC[C@H]1C(=O)O. The second-order valence-corrected chi connectivity index (χ2v) is 5.73. The molecule has 114 valence electrons. The van der Waals surface area contributed by atoms with E-state index in [-0.39, 0.29) is 18.7 Å². The van der Waals surface area contributed by atoms with Crippen LogP contribution in [0.3, 0.4) is 0 Å². The Morgan fingerprint density at radius 1 is 1.38 bits per heavy atom. The number of aromatic nitrogens is 2. The van der Waals surface area contributed by atoms with Crippen LogP contribution in [0, 0.1) is 6.92 Å². The van der Waals surface area contributed by atoms with Gasteiger partial charge < -0.3 is 15.0 Å². The lowest BCUT2D eigenvalue weighted by Gasteiger charge is -2.20. The average Bonchev–Trinajstić information content (AvgIpc) is 2.86. The summed E-state index contributed by atoms with van der Waals surface area (Å²) in [5, 5.41) is 9.03. The molecule has 1 saturated heterocycles. The summed E-state index contributed by atoms with van der Waals surface area (Å²) >= 11 is 1.39. The Labute approximate surface area is 123 Å². The van der Waals surface area contributed by atoms with Crippen molar-refractivity contribution in [1.82, 2.24) is 14.9 Å². The topological polar surface area (TPSA) is 123 Å². The number of carbonyl (C=O) groups excluding carboxylic acids is 1. The zero-order chi connectivity index (χ0) is 15.6. The highest BCUT2D eigenvalue weighted by Gasteiger charge is 2.34. The van der Waals surface area contributed by atoms with Gasteiger partial charge in [0, 0.05) is 23.4 Å². The number of nitrogens with one attached hydrogen (secondary N) is 2. The van der Waals surface area contributed by atoms with Gasteiger partial charge in [0.05, 0.1) is 5.88 Å². The molecule has 21 heavy (non-hydrogen) atoms. The number of rotatable bonds is 4. The van der Waals surface area contributed by atoms with Gasteiger partial charge in [0.1, 0.15) is 6.04 Å². The van der Waals surface area contributed by atoms with E-state index in [9.17, 15) is 19.2 Å². The van der Waals surface area contributed by atoms with Crippen molar-refractivity contribution < 1.29 is 14.7 Å². The van der Waals surface area contributed by atoms with Crippen LogP contribution >= 0.6 is 11.8 Å². The fourth-order valence-electron chi connectivity index (χ4n) is 2.20. The third kappa shape index (κ3) is 3.35. The molecule has 0 unspecified atom stereocenters. The molecule has 0 spiro atoms. The summed E-state index contributed by atoms with van der Waals surface area (Å²) < 4.78 is 0. The zero-order valence-electron chi connectivity index (χ0n) is 11.3. The second-order valence-electron chi connectivity index (χ2n) is 4.73. The highest BCUT2D eigenvalue weighted by atomic mass is 32.2. The van der Waals surface area contributed by atoms with Crippen molar-refractivity contribution in [3.05, 3.63) is 32.1 Å². The van der Waals surface area contributed by atoms with Crippen LogP contribution in [0.15, 0.2) is 9.59 Å². The molecule has 0 saturated carbocycles. The number of amides is 1. The predicted octanol–water partition coefficient (Wildman–Crippen LogP) is -0.710. The highest BCUT2D eigenvalue weighted by Crippen LogP contribution is 2.22. The van der Waals surface area contributed by atoms with E-state index >= 15 is 0 Å². The van der Waals surface area contributed by atoms with Gasteiger partial charge in [-0.15, -0.1) is 11.8 Å². The molecule has 9 heteroatoms. The smallest absolute Gasteiger partial charge is 0.327 e. The molecule has 1 aromatic rings. The summed E-state index contributed by atoms with van der Waals surface area (Å²) in [6, 6.07) is -0.808. The number of hydrogen-bond acceptors (Lipinski definition) is 5. The summed E-state index contributed by atoms with van der Waals surface area (Å²) in [6.45, 7) is 1.59. The molecule has 2 heterocycles. The van der Waals surface area contributed by atoms with Crippen LogP contribution < -0.4 is 11.2 Å². The molecule has 1 atom stereocenters. The number of aryl methyl sites for hydroxylation is 1. The van der Waals surface area contributed by atoms with Crippen LogP contribution in [-0.4, -0.2) is 49.5 Å². The van der Waals surface area contributed by atoms with Crippen LogP contribution in [0.2, 0.25) is 0 Å². The summed E-state index contributed by atoms with van der Waals surface area (Å²) in [5.74, 6) is -0.611. The van der Waals surface area contributed by atoms with Gasteiger partial charge in [-0.3, -0.25) is 14.6 Å². The monoisotopic (exact) mass is 313 g/mol. The number of hydrogen-bond donors (Lipinski definition) is 3. The van der Waals surface area contributed by atoms with Crippen molar-refractivity contribution in [1.29, 1.82) is 0 Å². The Hall–Kier alpha value is -2.03. The second kappa shape index (κ2) is 6.17. The first-order valence-corrected chi connectivity index (χ1v) is 7.47. The fourth-order valence-corrected chi connectivity index (χ4v) is 3.37. The Kier molecular flexibility index (Phi) is 4.51. The molecule has 1 aromatic heterocycles. The number of carbonyl (C=O) groups is 2. The number of carboxylic acid groups (broad SMARTS) is 1.